The first kappa shape index (κ1) is 9.02. The molecule has 0 aromatic heterocycles. The van der Waals surface area contributed by atoms with E-state index in [9.17, 15) is 4.79 Å². The van der Waals surface area contributed by atoms with E-state index < -0.39 is 5.97 Å². The molecule has 4 nitrogen and oxygen atoms in total. The number of benzene rings is 1. The number of ether oxygens (including phenoxy) is 2. The van der Waals surface area contributed by atoms with Crippen LogP contribution in [0, 0.1) is 0 Å². The van der Waals surface area contributed by atoms with E-state index in [4.69, 9.17) is 14.6 Å². The molecule has 14 heavy (non-hydrogen) atoms. The molecule has 1 aliphatic rings. The van der Waals surface area contributed by atoms with E-state index in [-0.39, 0.29) is 6.61 Å². The molecule has 0 atom stereocenters. The van der Waals surface area contributed by atoms with Crippen molar-refractivity contribution in [2.45, 2.75) is 13.2 Å². The molecular weight excluding hydrogens is 184 g/mol. The summed E-state index contributed by atoms with van der Waals surface area (Å²) in [6.45, 7) is 0.911. The lowest BCUT2D eigenvalue weighted by molar-refractivity contribution is -0.139. The minimum absolute atomic E-state index is 0.306. The van der Waals surface area contributed by atoms with Crippen molar-refractivity contribution in [2.75, 3.05) is 6.61 Å². The molecule has 1 aromatic carbocycles. The van der Waals surface area contributed by atoms with Crippen LogP contribution in [0.3, 0.4) is 0 Å². The lowest BCUT2D eigenvalue weighted by Crippen LogP contribution is -2.09. The Morgan fingerprint density at radius 2 is 2.21 bits per heavy atom. The van der Waals surface area contributed by atoms with Crippen molar-refractivity contribution in [1.82, 2.24) is 0 Å². The maximum Gasteiger partial charge on any atom is 0.341 e. The smallest absolute Gasteiger partial charge is 0.341 e. The highest BCUT2D eigenvalue weighted by atomic mass is 16.5. The first-order valence-electron chi connectivity index (χ1n) is 4.30. The number of aliphatic carboxylic acids is 1. The summed E-state index contributed by atoms with van der Waals surface area (Å²) in [5.41, 5.74) is 2.22. The van der Waals surface area contributed by atoms with E-state index >= 15 is 0 Å². The van der Waals surface area contributed by atoms with Gasteiger partial charge in [-0.15, -0.1) is 0 Å². The van der Waals surface area contributed by atoms with Crippen LogP contribution < -0.4 is 4.74 Å². The Morgan fingerprint density at radius 1 is 1.43 bits per heavy atom. The van der Waals surface area contributed by atoms with Crippen molar-refractivity contribution in [3.63, 3.8) is 0 Å². The minimum atomic E-state index is -0.971. The van der Waals surface area contributed by atoms with Crippen molar-refractivity contribution in [3.05, 3.63) is 29.3 Å². The molecule has 1 aliphatic heterocycles. The van der Waals surface area contributed by atoms with Gasteiger partial charge in [0.15, 0.2) is 6.61 Å². The molecule has 0 bridgehead atoms. The van der Waals surface area contributed by atoms with Crippen LogP contribution in [-0.2, 0) is 22.7 Å². The van der Waals surface area contributed by atoms with Gasteiger partial charge >= 0.3 is 5.97 Å². The zero-order valence-electron chi connectivity index (χ0n) is 7.53. The quantitative estimate of drug-likeness (QED) is 0.785. The Morgan fingerprint density at radius 3 is 3.00 bits per heavy atom. The van der Waals surface area contributed by atoms with Crippen molar-refractivity contribution < 1.29 is 19.4 Å². The lowest BCUT2D eigenvalue weighted by Gasteiger charge is -2.04. The van der Waals surface area contributed by atoms with Crippen LogP contribution in [0.15, 0.2) is 18.2 Å². The topological polar surface area (TPSA) is 55.8 Å². The van der Waals surface area contributed by atoms with Crippen LogP contribution in [0.2, 0.25) is 0 Å². The van der Waals surface area contributed by atoms with Gasteiger partial charge in [-0.3, -0.25) is 0 Å². The Bertz CT molecular complexity index is 359. The zero-order valence-corrected chi connectivity index (χ0v) is 7.53. The molecule has 0 radical (unpaired) electrons. The number of carboxylic acid groups (broad SMARTS) is 1. The predicted molar refractivity (Wildman–Crippen MR) is 48.1 cm³/mol. The molecule has 0 saturated carbocycles. The molecule has 0 unspecified atom stereocenters. The summed E-state index contributed by atoms with van der Waals surface area (Å²) in [7, 11) is 0. The first-order chi connectivity index (χ1) is 6.75. The maximum absolute atomic E-state index is 10.3. The van der Waals surface area contributed by atoms with Gasteiger partial charge < -0.3 is 14.6 Å². The van der Waals surface area contributed by atoms with Gasteiger partial charge in [-0.05, 0) is 23.3 Å². The van der Waals surface area contributed by atoms with E-state index in [0.717, 1.165) is 11.1 Å². The Kier molecular flexibility index (Phi) is 2.37. The summed E-state index contributed by atoms with van der Waals surface area (Å²) in [5, 5.41) is 8.42. The summed E-state index contributed by atoms with van der Waals surface area (Å²) < 4.78 is 10.3. The highest BCUT2D eigenvalue weighted by Gasteiger charge is 2.11. The second-order valence-corrected chi connectivity index (χ2v) is 3.11. The Balaban J connectivity index is 2.09. The fraction of sp³-hybridized carbons (Fsp3) is 0.300. The van der Waals surface area contributed by atoms with Gasteiger partial charge in [0.1, 0.15) is 5.75 Å². The number of carbonyl (C=O) groups is 1. The molecule has 1 aromatic rings. The van der Waals surface area contributed by atoms with Gasteiger partial charge in [0.2, 0.25) is 0 Å². The van der Waals surface area contributed by atoms with Gasteiger partial charge in [-0.1, -0.05) is 6.07 Å². The van der Waals surface area contributed by atoms with Gasteiger partial charge in [0.25, 0.3) is 0 Å². The number of hydrogen-bond donors (Lipinski definition) is 1. The highest BCUT2D eigenvalue weighted by Crippen LogP contribution is 2.24. The molecule has 0 aliphatic carbocycles. The van der Waals surface area contributed by atoms with Gasteiger partial charge in [-0.25, -0.2) is 4.79 Å². The van der Waals surface area contributed by atoms with E-state index in [0.29, 0.717) is 19.0 Å². The number of hydrogen-bond acceptors (Lipinski definition) is 3. The minimum Gasteiger partial charge on any atom is -0.482 e. The summed E-state index contributed by atoms with van der Waals surface area (Å²) in [5.74, 6) is -0.390. The normalized spacial score (nSPS) is 13.7. The average molecular weight is 194 g/mol. The average Bonchev–Trinajstić information content (AvgIpc) is 2.61. The first-order valence-corrected chi connectivity index (χ1v) is 4.30. The fourth-order valence-electron chi connectivity index (χ4n) is 1.38. The van der Waals surface area contributed by atoms with Crippen LogP contribution in [0.5, 0.6) is 5.75 Å². The molecule has 0 saturated heterocycles. The Hall–Kier alpha value is -1.55. The van der Waals surface area contributed by atoms with Crippen molar-refractivity contribution in [3.8, 4) is 5.75 Å². The van der Waals surface area contributed by atoms with Crippen molar-refractivity contribution >= 4 is 5.97 Å². The second kappa shape index (κ2) is 3.67. The third-order valence-electron chi connectivity index (χ3n) is 2.06. The molecule has 2 rings (SSSR count). The molecule has 1 heterocycles. The summed E-state index contributed by atoms with van der Waals surface area (Å²) in [6.07, 6.45) is 0. The Labute approximate surface area is 81.1 Å². The largest absolute Gasteiger partial charge is 0.482 e. The molecular formula is C10H10O4. The third kappa shape index (κ3) is 1.85. The molecule has 0 fully saturated rings. The molecule has 74 valence electrons. The van der Waals surface area contributed by atoms with Crippen molar-refractivity contribution in [2.24, 2.45) is 0 Å². The monoisotopic (exact) mass is 194 g/mol. The summed E-state index contributed by atoms with van der Waals surface area (Å²) in [6, 6.07) is 5.49. The van der Waals surface area contributed by atoms with E-state index in [1.165, 1.54) is 0 Å². The number of carboxylic acids is 1. The van der Waals surface area contributed by atoms with Gasteiger partial charge in [0, 0.05) is 0 Å². The number of rotatable bonds is 3. The van der Waals surface area contributed by atoms with E-state index in [2.05, 4.69) is 0 Å². The molecule has 0 amide bonds. The summed E-state index contributed by atoms with van der Waals surface area (Å²) >= 11 is 0. The standard InChI is InChI=1S/C10H10O4/c11-10(12)6-14-9-2-1-7-4-13-5-8(7)3-9/h1-3H,4-6H2,(H,11,12). The van der Waals surface area contributed by atoms with E-state index in [1.807, 2.05) is 12.1 Å². The maximum atomic E-state index is 10.3. The van der Waals surface area contributed by atoms with Crippen LogP contribution in [0.25, 0.3) is 0 Å². The van der Waals surface area contributed by atoms with Crippen LogP contribution in [0.4, 0.5) is 0 Å². The van der Waals surface area contributed by atoms with Crippen molar-refractivity contribution in [1.29, 1.82) is 0 Å². The van der Waals surface area contributed by atoms with Gasteiger partial charge in [-0.2, -0.15) is 0 Å². The molecule has 0 spiro atoms. The van der Waals surface area contributed by atoms with Gasteiger partial charge in [0.05, 0.1) is 13.2 Å². The lowest BCUT2D eigenvalue weighted by atomic mass is 10.1. The predicted octanol–water partition coefficient (Wildman–Crippen LogP) is 1.18. The highest BCUT2D eigenvalue weighted by molar-refractivity contribution is 5.68. The van der Waals surface area contributed by atoms with E-state index in [1.54, 1.807) is 6.07 Å². The third-order valence-corrected chi connectivity index (χ3v) is 2.06. The zero-order chi connectivity index (χ0) is 9.97. The SMILES string of the molecule is O=C(O)COc1ccc2c(c1)COC2. The van der Waals surface area contributed by atoms with Crippen LogP contribution >= 0.6 is 0 Å². The molecule has 4 heteroatoms. The van der Waals surface area contributed by atoms with Crippen LogP contribution in [-0.4, -0.2) is 17.7 Å². The number of fused-ring (bicyclic) bond motifs is 1. The summed E-state index contributed by atoms with van der Waals surface area (Å²) in [4.78, 5) is 10.3. The fourth-order valence-corrected chi connectivity index (χ4v) is 1.38. The second-order valence-electron chi connectivity index (χ2n) is 3.11. The van der Waals surface area contributed by atoms with Crippen LogP contribution in [0.1, 0.15) is 11.1 Å². The molecule has 1 N–H and O–H groups in total.